The van der Waals surface area contributed by atoms with Gasteiger partial charge in [-0.2, -0.15) is 0 Å². The van der Waals surface area contributed by atoms with Crippen molar-refractivity contribution >= 4 is 93.0 Å². The van der Waals surface area contributed by atoms with Gasteiger partial charge in [0.05, 0.1) is 48.2 Å². The topological polar surface area (TPSA) is 235 Å². The fraction of sp³-hybridized carbons (Fsp3) is 0.0667. The largest absolute Gasteiger partial charge is 1.00 e. The average Bonchev–Trinajstić information content (AvgIpc) is 3.01. The number of aryl methyl sites for hydroxylation is 1. The van der Waals surface area contributed by atoms with Crippen molar-refractivity contribution in [3.63, 3.8) is 0 Å². The molecule has 1 heterocycles. The number of nitrogen functional groups attached to an aromatic ring is 1. The summed E-state index contributed by atoms with van der Waals surface area (Å²) in [6.45, 7) is 2.87. The van der Waals surface area contributed by atoms with Crippen molar-refractivity contribution in [2.45, 2.75) is 28.5 Å². The Morgan fingerprint density at radius 3 is 1.92 bits per heavy atom. The Bertz CT molecular complexity index is 2680. The van der Waals surface area contributed by atoms with E-state index in [2.05, 4.69) is 15.3 Å². The van der Waals surface area contributed by atoms with Crippen LogP contribution in [-0.2, 0) is 30.2 Å². The molecule has 4 aromatic carbocycles. The molecule has 0 fully saturated rings. The number of anilines is 3. The van der Waals surface area contributed by atoms with Crippen LogP contribution in [0.4, 0.5) is 17.1 Å². The third-order valence-electron chi connectivity index (χ3n) is 7.73. The first kappa shape index (κ1) is 37.8. The van der Waals surface area contributed by atoms with Crippen molar-refractivity contribution in [3.05, 3.63) is 104 Å². The predicted molar refractivity (Wildman–Crippen MR) is 178 cm³/mol. The van der Waals surface area contributed by atoms with Gasteiger partial charge in [-0.1, -0.05) is 53.5 Å². The predicted octanol–water partition coefficient (Wildman–Crippen LogP) is 1.23. The number of halogens is 2. The first-order valence-corrected chi connectivity index (χ1v) is 18.8. The fourth-order valence-corrected chi connectivity index (χ4v) is 9.51. The third-order valence-corrected chi connectivity index (χ3v) is 12.9. The van der Waals surface area contributed by atoms with E-state index in [0.717, 1.165) is 24.3 Å². The summed E-state index contributed by atoms with van der Waals surface area (Å²) >= 11 is 11.8. The van der Waals surface area contributed by atoms with Crippen molar-refractivity contribution in [1.82, 2.24) is 14.1 Å². The molecule has 0 bridgehead atoms. The number of ketones is 2. The Morgan fingerprint density at radius 1 is 0.740 bits per heavy atom. The van der Waals surface area contributed by atoms with E-state index in [1.54, 1.807) is 11.1 Å². The van der Waals surface area contributed by atoms with E-state index < -0.39 is 67.7 Å². The number of nitrogens with two attached hydrogens (primary N) is 1. The molecule has 0 amide bonds. The maximum absolute atomic E-state index is 13.7. The zero-order valence-corrected chi connectivity index (χ0v) is 31.9. The van der Waals surface area contributed by atoms with Crippen molar-refractivity contribution in [2.75, 3.05) is 11.1 Å². The summed E-state index contributed by atoms with van der Waals surface area (Å²) in [6, 6.07) is 12.4. The molecule has 252 valence electrons. The van der Waals surface area contributed by atoms with Gasteiger partial charge in [0.25, 0.3) is 20.0 Å². The minimum Gasteiger partial charge on any atom is -0.744 e. The molecular formula is C30H20Cl2N5NaO9S3. The van der Waals surface area contributed by atoms with Crippen LogP contribution in [0, 0.1) is 13.8 Å². The molecule has 4 N–H and O–H groups in total. The fourth-order valence-electron chi connectivity index (χ4n) is 5.44. The molecule has 0 saturated carbocycles. The molecule has 0 spiro atoms. The van der Waals surface area contributed by atoms with Gasteiger partial charge >= 0.3 is 29.6 Å². The number of nitrogens with zero attached hydrogens (tertiary/aromatic N) is 2. The summed E-state index contributed by atoms with van der Waals surface area (Å²) in [5.74, 6) is -1.52. The minimum absolute atomic E-state index is 0. The third kappa shape index (κ3) is 6.54. The second kappa shape index (κ2) is 13.2. The molecule has 14 nitrogen and oxygen atoms in total. The zero-order chi connectivity index (χ0) is 35.8. The molecule has 0 atom stereocenters. The number of benzene rings is 4. The monoisotopic (exact) mass is 783 g/mol. The Labute approximate surface area is 317 Å². The van der Waals surface area contributed by atoms with Gasteiger partial charge in [0.15, 0.2) is 21.9 Å². The van der Waals surface area contributed by atoms with Gasteiger partial charge in [-0.3, -0.25) is 9.59 Å². The van der Waals surface area contributed by atoms with E-state index in [1.165, 1.54) is 43.3 Å². The number of carbonyl (C=O) groups excluding carboxylic acids is 2. The Kier molecular flexibility index (Phi) is 10.0. The van der Waals surface area contributed by atoms with Crippen molar-refractivity contribution in [3.8, 4) is 0 Å². The number of carbonyl (C=O) groups is 2. The van der Waals surface area contributed by atoms with E-state index in [1.807, 2.05) is 0 Å². The van der Waals surface area contributed by atoms with Crippen molar-refractivity contribution in [2.24, 2.45) is 0 Å². The minimum atomic E-state index is -5.29. The van der Waals surface area contributed by atoms with Gasteiger partial charge in [-0.15, -0.1) is 4.13 Å². The molecule has 0 aliphatic heterocycles. The summed E-state index contributed by atoms with van der Waals surface area (Å²) in [5.41, 5.74) is 4.54. The first-order chi connectivity index (χ1) is 22.8. The molecule has 1 aromatic heterocycles. The standard InChI is InChI=1S/C30H21Cl2N5O9S3.Na/c1-13-7-10-21(48(42,43)37-47(40,41)15-8-9-18-19(11-15)36-30(32)29(31)35-18)14(2)26(13)34-20-12-22(49(44,45)46)25(33)24-23(20)27(38)16-5-3-4-6-17(16)28(24)39;/h3-12,34,37H,33H2,1-2H3,(H,44,45,46);/q;+1/p-1. The second-order valence-electron chi connectivity index (χ2n) is 10.8. The van der Waals surface area contributed by atoms with E-state index in [0.29, 0.717) is 5.56 Å². The Hall–Kier alpha value is -3.49. The van der Waals surface area contributed by atoms with Crippen LogP contribution in [0.1, 0.15) is 43.0 Å². The molecule has 5 aromatic rings. The van der Waals surface area contributed by atoms with Crippen molar-refractivity contribution in [1.29, 1.82) is 0 Å². The van der Waals surface area contributed by atoms with Gasteiger partial charge in [-0.05, 0) is 55.3 Å². The van der Waals surface area contributed by atoms with E-state index in [4.69, 9.17) is 28.9 Å². The maximum Gasteiger partial charge on any atom is 1.00 e. The number of hydrogen-bond acceptors (Lipinski definition) is 13. The number of aromatic nitrogens is 2. The molecule has 1 aliphatic rings. The first-order valence-electron chi connectivity index (χ1n) is 13.7. The normalized spacial score (nSPS) is 13.1. The molecule has 20 heteroatoms. The van der Waals surface area contributed by atoms with Crippen LogP contribution in [-0.4, -0.2) is 51.3 Å². The van der Waals surface area contributed by atoms with Crippen molar-refractivity contribution < 1.29 is 69.0 Å². The van der Waals surface area contributed by atoms with Crippen LogP contribution >= 0.6 is 23.2 Å². The molecule has 50 heavy (non-hydrogen) atoms. The SMILES string of the molecule is Cc1ccc(S(=O)(=O)NS(=O)(=O)c2ccc3nc(Cl)c(Cl)nc3c2)c(C)c1Nc1cc(S(=O)(=O)[O-])c(N)c2c1C(=O)c1ccccc1C2=O.[Na+]. The van der Waals surface area contributed by atoms with Crippen LogP contribution in [0.25, 0.3) is 11.0 Å². The number of fused-ring (bicyclic) bond motifs is 3. The van der Waals surface area contributed by atoms with E-state index in [-0.39, 0.29) is 84.5 Å². The smallest absolute Gasteiger partial charge is 0.744 e. The molecule has 1 aliphatic carbocycles. The summed E-state index contributed by atoms with van der Waals surface area (Å²) in [7, 11) is -14.9. The van der Waals surface area contributed by atoms with Gasteiger partial charge in [-0.25, -0.2) is 35.2 Å². The summed E-state index contributed by atoms with van der Waals surface area (Å²) < 4.78 is 92.1. The molecule has 0 saturated heterocycles. The van der Waals surface area contributed by atoms with Gasteiger partial charge in [0, 0.05) is 16.8 Å². The van der Waals surface area contributed by atoms with Gasteiger partial charge < -0.3 is 15.6 Å². The molecule has 6 rings (SSSR count). The molecule has 0 radical (unpaired) electrons. The number of hydrogen-bond donors (Lipinski definition) is 3. The average molecular weight is 785 g/mol. The Morgan fingerprint density at radius 2 is 1.32 bits per heavy atom. The van der Waals surface area contributed by atoms with Crippen LogP contribution < -0.4 is 44.7 Å². The molecular weight excluding hydrogens is 764 g/mol. The maximum atomic E-state index is 13.7. The zero-order valence-electron chi connectivity index (χ0n) is 25.9. The summed E-state index contributed by atoms with van der Waals surface area (Å²) in [6.07, 6.45) is 0. The second-order valence-corrected chi connectivity index (χ2v) is 16.5. The van der Waals surface area contributed by atoms with Crippen LogP contribution in [0.3, 0.4) is 0 Å². The number of sulfonamides is 2. The summed E-state index contributed by atoms with van der Waals surface area (Å²) in [4.78, 5) is 33.2. The van der Waals surface area contributed by atoms with Crippen LogP contribution in [0.15, 0.2) is 75.4 Å². The number of rotatable bonds is 7. The van der Waals surface area contributed by atoms with Gasteiger partial charge in [0.1, 0.15) is 10.1 Å². The number of nitrogens with one attached hydrogen (secondary N) is 2. The van der Waals surface area contributed by atoms with Gasteiger partial charge in [0.2, 0.25) is 0 Å². The van der Waals surface area contributed by atoms with Crippen LogP contribution in [0.2, 0.25) is 10.3 Å². The van der Waals surface area contributed by atoms with E-state index >= 15 is 0 Å². The van der Waals surface area contributed by atoms with E-state index in [9.17, 15) is 39.4 Å². The summed E-state index contributed by atoms with van der Waals surface area (Å²) in [5, 5.41) is 2.50. The Balaban J connectivity index is 0.00000486. The quantitative estimate of drug-likeness (QED) is 0.118. The van der Waals surface area contributed by atoms with Crippen LogP contribution in [0.5, 0.6) is 0 Å². The molecule has 0 unspecified atom stereocenters.